The molecule has 1 aliphatic rings. The highest BCUT2D eigenvalue weighted by atomic mass is 16.5. The van der Waals surface area contributed by atoms with Gasteiger partial charge in [0.2, 0.25) is 5.89 Å². The number of ether oxygens (including phenoxy) is 1. The Morgan fingerprint density at radius 2 is 2.17 bits per heavy atom. The van der Waals surface area contributed by atoms with Crippen molar-refractivity contribution in [3.63, 3.8) is 0 Å². The monoisotopic (exact) mass is 318 g/mol. The van der Waals surface area contributed by atoms with Gasteiger partial charge in [-0.25, -0.2) is 0 Å². The van der Waals surface area contributed by atoms with E-state index in [2.05, 4.69) is 20.4 Å². The van der Waals surface area contributed by atoms with Crippen LogP contribution in [0, 0.1) is 5.92 Å². The summed E-state index contributed by atoms with van der Waals surface area (Å²) in [6.45, 7) is 5.39. The molecule has 2 aromatic rings. The number of nitrogens with one attached hydrogen (secondary N) is 2. The Morgan fingerprint density at radius 1 is 1.39 bits per heavy atom. The largest absolute Gasteiger partial charge is 0.381 e. The van der Waals surface area contributed by atoms with Gasteiger partial charge in [-0.3, -0.25) is 4.79 Å². The van der Waals surface area contributed by atoms with Crippen LogP contribution in [-0.4, -0.2) is 34.2 Å². The third kappa shape index (κ3) is 3.61. The van der Waals surface area contributed by atoms with Crippen molar-refractivity contribution in [1.82, 2.24) is 20.4 Å². The predicted octanol–water partition coefficient (Wildman–Crippen LogP) is 2.42. The third-order valence-corrected chi connectivity index (χ3v) is 4.12. The van der Waals surface area contributed by atoms with Crippen LogP contribution >= 0.6 is 0 Å². The lowest BCUT2D eigenvalue weighted by Gasteiger charge is -2.28. The second-order valence-corrected chi connectivity index (χ2v) is 6.15. The molecular formula is C16H22N4O3. The molecule has 0 saturated carbocycles. The van der Waals surface area contributed by atoms with E-state index >= 15 is 0 Å². The number of carbonyl (C=O) groups excluding carboxylic acids is 1. The van der Waals surface area contributed by atoms with Crippen LogP contribution in [0.15, 0.2) is 23.0 Å². The molecule has 1 fully saturated rings. The highest BCUT2D eigenvalue weighted by molar-refractivity contribution is 5.94. The molecule has 1 atom stereocenters. The molecule has 7 nitrogen and oxygen atoms in total. The zero-order valence-corrected chi connectivity index (χ0v) is 13.4. The molecule has 3 heterocycles. The molecule has 7 heteroatoms. The van der Waals surface area contributed by atoms with Gasteiger partial charge in [-0.1, -0.05) is 19.0 Å². The summed E-state index contributed by atoms with van der Waals surface area (Å²) in [7, 11) is 0. The van der Waals surface area contributed by atoms with Gasteiger partial charge in [-0.15, -0.1) is 0 Å². The summed E-state index contributed by atoms with van der Waals surface area (Å²) in [5.41, 5.74) is 0.589. The molecule has 2 N–H and O–H groups in total. The maximum absolute atomic E-state index is 12.4. The van der Waals surface area contributed by atoms with Crippen molar-refractivity contribution in [2.24, 2.45) is 5.92 Å². The molecule has 1 saturated heterocycles. The van der Waals surface area contributed by atoms with E-state index in [0.29, 0.717) is 30.5 Å². The second kappa shape index (κ2) is 6.95. The van der Waals surface area contributed by atoms with Crippen LogP contribution in [0.5, 0.6) is 0 Å². The zero-order chi connectivity index (χ0) is 16.2. The molecule has 0 unspecified atom stereocenters. The van der Waals surface area contributed by atoms with Crippen molar-refractivity contribution in [3.05, 3.63) is 35.7 Å². The number of H-pyrrole nitrogens is 1. The molecule has 1 amide bonds. The lowest BCUT2D eigenvalue weighted by atomic mass is 9.91. The lowest BCUT2D eigenvalue weighted by Crippen LogP contribution is -2.36. The predicted molar refractivity (Wildman–Crippen MR) is 82.9 cm³/mol. The fraction of sp³-hybridized carbons (Fsp3) is 0.562. The Morgan fingerprint density at radius 3 is 2.78 bits per heavy atom. The van der Waals surface area contributed by atoms with Gasteiger partial charge in [0.05, 0.1) is 5.56 Å². The van der Waals surface area contributed by atoms with E-state index in [0.717, 1.165) is 12.8 Å². The summed E-state index contributed by atoms with van der Waals surface area (Å²) in [6, 6.07) is 1.45. The molecule has 3 rings (SSSR count). The molecule has 1 aliphatic heterocycles. The van der Waals surface area contributed by atoms with Crippen LogP contribution in [0.1, 0.15) is 60.7 Å². The SMILES string of the molecule is CC(C)c1noc([C@H](NC(=O)c2cc[nH]c2)C2CCOCC2)n1. The molecule has 2 aromatic heterocycles. The first-order chi connectivity index (χ1) is 11.1. The number of nitrogens with zero attached hydrogens (tertiary/aromatic N) is 2. The van der Waals surface area contributed by atoms with Gasteiger partial charge in [0.15, 0.2) is 5.82 Å². The minimum absolute atomic E-state index is 0.146. The van der Waals surface area contributed by atoms with Crippen LogP contribution < -0.4 is 5.32 Å². The van der Waals surface area contributed by atoms with E-state index < -0.39 is 0 Å². The van der Waals surface area contributed by atoms with Crippen molar-refractivity contribution < 1.29 is 14.1 Å². The summed E-state index contributed by atoms with van der Waals surface area (Å²) >= 11 is 0. The van der Waals surface area contributed by atoms with E-state index in [1.807, 2.05) is 13.8 Å². The number of amides is 1. The zero-order valence-electron chi connectivity index (χ0n) is 13.4. The smallest absolute Gasteiger partial charge is 0.253 e. The van der Waals surface area contributed by atoms with Crippen LogP contribution in [0.3, 0.4) is 0 Å². The summed E-state index contributed by atoms with van der Waals surface area (Å²) in [4.78, 5) is 19.8. The van der Waals surface area contributed by atoms with E-state index in [-0.39, 0.29) is 23.8 Å². The van der Waals surface area contributed by atoms with Crippen LogP contribution in [0.2, 0.25) is 0 Å². The lowest BCUT2D eigenvalue weighted by molar-refractivity contribution is 0.0468. The van der Waals surface area contributed by atoms with Gasteiger partial charge in [0, 0.05) is 31.5 Å². The number of aromatic amines is 1. The Balaban J connectivity index is 1.81. The number of aromatic nitrogens is 3. The first-order valence-electron chi connectivity index (χ1n) is 8.00. The van der Waals surface area contributed by atoms with Gasteiger partial charge in [-0.05, 0) is 24.8 Å². The van der Waals surface area contributed by atoms with Gasteiger partial charge in [0.25, 0.3) is 5.91 Å². The quantitative estimate of drug-likeness (QED) is 0.883. The minimum atomic E-state index is -0.290. The van der Waals surface area contributed by atoms with Crippen molar-refractivity contribution in [2.75, 3.05) is 13.2 Å². The van der Waals surface area contributed by atoms with Crippen LogP contribution in [0.4, 0.5) is 0 Å². The molecule has 0 aliphatic carbocycles. The molecular weight excluding hydrogens is 296 g/mol. The van der Waals surface area contributed by atoms with Crippen molar-refractivity contribution >= 4 is 5.91 Å². The van der Waals surface area contributed by atoms with E-state index in [4.69, 9.17) is 9.26 Å². The van der Waals surface area contributed by atoms with Crippen molar-refractivity contribution in [3.8, 4) is 0 Å². The summed E-state index contributed by atoms with van der Waals surface area (Å²) < 4.78 is 10.9. The molecule has 0 spiro atoms. The van der Waals surface area contributed by atoms with E-state index in [1.54, 1.807) is 18.5 Å². The summed E-state index contributed by atoms with van der Waals surface area (Å²) in [5, 5.41) is 7.07. The number of hydrogen-bond acceptors (Lipinski definition) is 5. The van der Waals surface area contributed by atoms with Gasteiger partial charge < -0.3 is 19.6 Å². The molecule has 0 bridgehead atoms. The number of hydrogen-bond donors (Lipinski definition) is 2. The maximum atomic E-state index is 12.4. The minimum Gasteiger partial charge on any atom is -0.381 e. The van der Waals surface area contributed by atoms with E-state index in [9.17, 15) is 4.79 Å². The molecule has 0 aromatic carbocycles. The first-order valence-corrected chi connectivity index (χ1v) is 8.00. The Bertz CT molecular complexity index is 630. The number of rotatable bonds is 5. The van der Waals surface area contributed by atoms with Gasteiger partial charge in [0.1, 0.15) is 6.04 Å². The number of carbonyl (C=O) groups is 1. The normalized spacial score (nSPS) is 17.3. The van der Waals surface area contributed by atoms with Gasteiger partial charge in [-0.2, -0.15) is 4.98 Å². The average Bonchev–Trinajstić information content (AvgIpc) is 3.24. The third-order valence-electron chi connectivity index (χ3n) is 4.12. The van der Waals surface area contributed by atoms with Crippen LogP contribution in [0.25, 0.3) is 0 Å². The van der Waals surface area contributed by atoms with Crippen molar-refractivity contribution in [1.29, 1.82) is 0 Å². The molecule has 0 radical (unpaired) electrons. The van der Waals surface area contributed by atoms with E-state index in [1.165, 1.54) is 0 Å². The molecule has 124 valence electrons. The molecule has 23 heavy (non-hydrogen) atoms. The summed E-state index contributed by atoms with van der Waals surface area (Å²) in [6.07, 6.45) is 5.11. The summed E-state index contributed by atoms with van der Waals surface area (Å²) in [5.74, 6) is 1.40. The maximum Gasteiger partial charge on any atom is 0.253 e. The fourth-order valence-electron chi connectivity index (χ4n) is 2.73. The Labute approximate surface area is 134 Å². The fourth-order valence-corrected chi connectivity index (χ4v) is 2.73. The second-order valence-electron chi connectivity index (χ2n) is 6.15. The van der Waals surface area contributed by atoms with Crippen LogP contribution in [-0.2, 0) is 4.74 Å². The Kier molecular flexibility index (Phi) is 4.76. The Hall–Kier alpha value is -2.15. The average molecular weight is 318 g/mol. The van der Waals surface area contributed by atoms with Crippen molar-refractivity contribution in [2.45, 2.75) is 38.6 Å². The van der Waals surface area contributed by atoms with Gasteiger partial charge >= 0.3 is 0 Å². The highest BCUT2D eigenvalue weighted by Gasteiger charge is 2.32. The topological polar surface area (TPSA) is 93.0 Å². The standard InChI is InChI=1S/C16H22N4O3/c1-10(2)14-19-16(23-20-14)13(11-4-7-22-8-5-11)18-15(21)12-3-6-17-9-12/h3,6,9-11,13,17H,4-5,7-8H2,1-2H3,(H,18,21)/t13-/m1/s1. The first kappa shape index (κ1) is 15.7. The highest BCUT2D eigenvalue weighted by Crippen LogP contribution is 2.30.